The molecule has 0 bridgehead atoms. The summed E-state index contributed by atoms with van der Waals surface area (Å²) in [6.45, 7) is 5.24. The molecule has 1 aromatic carbocycles. The Morgan fingerprint density at radius 1 is 1.12 bits per heavy atom. The molecule has 0 radical (unpaired) electrons. The molecular weight excluding hydrogens is 304 g/mol. The lowest BCUT2D eigenvalue weighted by Gasteiger charge is -2.26. The molecule has 3 heterocycles. The van der Waals surface area contributed by atoms with Crippen LogP contribution < -0.4 is 4.74 Å². The van der Waals surface area contributed by atoms with E-state index in [0.717, 1.165) is 61.0 Å². The zero-order valence-corrected chi connectivity index (χ0v) is 13.4. The molecule has 1 aliphatic rings. The molecular formula is C18H20N4O2. The number of H-pyrrole nitrogens is 1. The van der Waals surface area contributed by atoms with E-state index in [1.54, 1.807) is 6.20 Å². The van der Waals surface area contributed by atoms with Crippen LogP contribution in [0.2, 0.25) is 0 Å². The number of aromatic nitrogens is 3. The summed E-state index contributed by atoms with van der Waals surface area (Å²) in [5, 5.41) is 0. The van der Waals surface area contributed by atoms with Gasteiger partial charge in [-0.25, -0.2) is 9.97 Å². The van der Waals surface area contributed by atoms with E-state index in [1.165, 1.54) is 0 Å². The topological polar surface area (TPSA) is 63.3 Å². The molecule has 1 fully saturated rings. The molecule has 1 N–H and O–H groups in total. The number of rotatable bonds is 5. The zero-order valence-electron chi connectivity index (χ0n) is 13.4. The molecule has 1 saturated heterocycles. The van der Waals surface area contributed by atoms with Crippen molar-refractivity contribution in [3.8, 4) is 17.0 Å². The number of morpholine rings is 1. The van der Waals surface area contributed by atoms with Gasteiger partial charge in [0.15, 0.2) is 5.65 Å². The second kappa shape index (κ2) is 6.98. The van der Waals surface area contributed by atoms with Gasteiger partial charge < -0.3 is 14.5 Å². The number of aromatic amines is 1. The monoisotopic (exact) mass is 324 g/mol. The van der Waals surface area contributed by atoms with E-state index in [-0.39, 0.29) is 0 Å². The van der Waals surface area contributed by atoms with E-state index in [2.05, 4.69) is 19.9 Å². The van der Waals surface area contributed by atoms with Crippen molar-refractivity contribution in [2.75, 3.05) is 39.5 Å². The van der Waals surface area contributed by atoms with Crippen LogP contribution >= 0.6 is 0 Å². The number of benzene rings is 1. The van der Waals surface area contributed by atoms with Gasteiger partial charge in [-0.3, -0.25) is 4.90 Å². The number of hydrogen-bond donors (Lipinski definition) is 1. The Balaban J connectivity index is 1.37. The molecule has 0 amide bonds. The van der Waals surface area contributed by atoms with Crippen molar-refractivity contribution in [3.05, 3.63) is 42.7 Å². The van der Waals surface area contributed by atoms with Crippen LogP contribution in [0.3, 0.4) is 0 Å². The molecule has 0 unspecified atom stereocenters. The Kier molecular flexibility index (Phi) is 4.40. The Bertz CT molecular complexity index is 794. The number of nitrogens with one attached hydrogen (secondary N) is 1. The smallest absolute Gasteiger partial charge is 0.156 e. The molecule has 4 rings (SSSR count). The average molecular weight is 324 g/mol. The summed E-state index contributed by atoms with van der Waals surface area (Å²) in [5.74, 6) is 0.877. The quantitative estimate of drug-likeness (QED) is 0.780. The number of ether oxygens (including phenoxy) is 2. The number of fused-ring (bicyclic) bond motifs is 1. The highest BCUT2D eigenvalue weighted by molar-refractivity contribution is 5.74. The highest BCUT2D eigenvalue weighted by Gasteiger charge is 2.10. The van der Waals surface area contributed by atoms with Crippen LogP contribution in [0.5, 0.6) is 5.75 Å². The maximum atomic E-state index is 5.83. The molecule has 0 saturated carbocycles. The first-order valence-corrected chi connectivity index (χ1v) is 8.22. The second-order valence-corrected chi connectivity index (χ2v) is 5.79. The summed E-state index contributed by atoms with van der Waals surface area (Å²) in [4.78, 5) is 14.4. The van der Waals surface area contributed by atoms with Gasteiger partial charge in [0, 0.05) is 31.4 Å². The summed E-state index contributed by atoms with van der Waals surface area (Å²) in [6, 6.07) is 9.93. The second-order valence-electron chi connectivity index (χ2n) is 5.79. The summed E-state index contributed by atoms with van der Waals surface area (Å²) < 4.78 is 11.2. The summed E-state index contributed by atoms with van der Waals surface area (Å²) >= 11 is 0. The predicted octanol–water partition coefficient (Wildman–Crippen LogP) is 2.34. The van der Waals surface area contributed by atoms with Crippen LogP contribution in [-0.2, 0) is 4.74 Å². The lowest BCUT2D eigenvalue weighted by molar-refractivity contribution is 0.0322. The van der Waals surface area contributed by atoms with E-state index < -0.39 is 0 Å². The van der Waals surface area contributed by atoms with Crippen molar-refractivity contribution < 1.29 is 9.47 Å². The van der Waals surface area contributed by atoms with Gasteiger partial charge in [0.2, 0.25) is 0 Å². The van der Waals surface area contributed by atoms with Crippen molar-refractivity contribution in [1.82, 2.24) is 19.9 Å². The highest BCUT2D eigenvalue weighted by Crippen LogP contribution is 2.21. The number of nitrogens with zero attached hydrogens (tertiary/aromatic N) is 3. The first-order valence-electron chi connectivity index (χ1n) is 8.22. The molecule has 0 spiro atoms. The highest BCUT2D eigenvalue weighted by atomic mass is 16.5. The minimum absolute atomic E-state index is 0.689. The molecule has 2 aromatic heterocycles. The Labute approximate surface area is 140 Å². The van der Waals surface area contributed by atoms with Crippen molar-refractivity contribution in [3.63, 3.8) is 0 Å². The molecule has 124 valence electrons. The first-order chi connectivity index (χ1) is 11.9. The molecule has 24 heavy (non-hydrogen) atoms. The van der Waals surface area contributed by atoms with Gasteiger partial charge in [0.25, 0.3) is 0 Å². The minimum Gasteiger partial charge on any atom is -0.492 e. The van der Waals surface area contributed by atoms with Crippen LogP contribution in [0.1, 0.15) is 0 Å². The normalized spacial score (nSPS) is 15.7. The van der Waals surface area contributed by atoms with Crippen LogP contribution in [0.4, 0.5) is 0 Å². The van der Waals surface area contributed by atoms with Crippen LogP contribution in [0.25, 0.3) is 22.4 Å². The third-order valence-corrected chi connectivity index (χ3v) is 4.19. The maximum absolute atomic E-state index is 5.83. The fourth-order valence-electron chi connectivity index (χ4n) is 2.81. The van der Waals surface area contributed by atoms with E-state index in [1.807, 2.05) is 36.5 Å². The van der Waals surface area contributed by atoms with E-state index in [4.69, 9.17) is 9.47 Å². The Morgan fingerprint density at radius 3 is 2.79 bits per heavy atom. The Hall–Kier alpha value is -2.44. The largest absolute Gasteiger partial charge is 0.492 e. The summed E-state index contributed by atoms with van der Waals surface area (Å²) in [5.41, 5.74) is 3.58. The van der Waals surface area contributed by atoms with Crippen LogP contribution in [-0.4, -0.2) is 59.3 Å². The zero-order chi connectivity index (χ0) is 16.2. The first kappa shape index (κ1) is 15.1. The third kappa shape index (κ3) is 3.39. The maximum Gasteiger partial charge on any atom is 0.156 e. The lowest BCUT2D eigenvalue weighted by Crippen LogP contribution is -2.38. The van der Waals surface area contributed by atoms with E-state index >= 15 is 0 Å². The molecule has 0 atom stereocenters. The van der Waals surface area contributed by atoms with Gasteiger partial charge in [-0.1, -0.05) is 0 Å². The fourth-order valence-corrected chi connectivity index (χ4v) is 2.81. The fraction of sp³-hybridized carbons (Fsp3) is 0.333. The van der Waals surface area contributed by atoms with Gasteiger partial charge in [0.1, 0.15) is 17.9 Å². The SMILES string of the molecule is c1cc2nc(-c3ccc(OCCN4CCOCC4)cc3)cnc2[nH]1. The van der Waals surface area contributed by atoms with Crippen molar-refractivity contribution >= 4 is 11.2 Å². The van der Waals surface area contributed by atoms with Gasteiger partial charge in [-0.15, -0.1) is 0 Å². The number of hydrogen-bond acceptors (Lipinski definition) is 5. The summed E-state index contributed by atoms with van der Waals surface area (Å²) in [6.07, 6.45) is 3.63. The standard InChI is InChI=1S/C18H20N4O2/c1-3-15(24-12-9-22-7-10-23-11-8-22)4-2-14(1)17-13-20-18-16(21-17)5-6-19-18/h1-6,13H,7-12H2,(H,19,20). The minimum atomic E-state index is 0.689. The predicted molar refractivity (Wildman–Crippen MR) is 92.1 cm³/mol. The van der Waals surface area contributed by atoms with Crippen molar-refractivity contribution in [2.24, 2.45) is 0 Å². The van der Waals surface area contributed by atoms with Gasteiger partial charge in [-0.2, -0.15) is 0 Å². The van der Waals surface area contributed by atoms with Crippen molar-refractivity contribution in [1.29, 1.82) is 0 Å². The average Bonchev–Trinajstić information content (AvgIpc) is 3.11. The van der Waals surface area contributed by atoms with Crippen molar-refractivity contribution in [2.45, 2.75) is 0 Å². The molecule has 3 aromatic rings. The van der Waals surface area contributed by atoms with E-state index in [9.17, 15) is 0 Å². The van der Waals surface area contributed by atoms with Crippen LogP contribution in [0, 0.1) is 0 Å². The molecule has 6 nitrogen and oxygen atoms in total. The lowest BCUT2D eigenvalue weighted by atomic mass is 10.1. The Morgan fingerprint density at radius 2 is 1.96 bits per heavy atom. The molecule has 1 aliphatic heterocycles. The third-order valence-electron chi connectivity index (χ3n) is 4.19. The van der Waals surface area contributed by atoms with E-state index in [0.29, 0.717) is 6.61 Å². The van der Waals surface area contributed by atoms with Gasteiger partial charge in [0.05, 0.1) is 25.1 Å². The molecule has 6 heteroatoms. The molecule has 0 aliphatic carbocycles. The summed E-state index contributed by atoms with van der Waals surface area (Å²) in [7, 11) is 0. The van der Waals surface area contributed by atoms with Gasteiger partial charge >= 0.3 is 0 Å². The van der Waals surface area contributed by atoms with Gasteiger partial charge in [-0.05, 0) is 30.3 Å². The van der Waals surface area contributed by atoms with Crippen LogP contribution in [0.15, 0.2) is 42.7 Å².